The van der Waals surface area contributed by atoms with Crippen LogP contribution in [0.3, 0.4) is 0 Å². The molecule has 1 aliphatic heterocycles. The number of nitrogens with zero attached hydrogens (tertiary/aromatic N) is 2. The maximum atomic E-state index is 13.4. The quantitative estimate of drug-likeness (QED) is 0.196. The van der Waals surface area contributed by atoms with Gasteiger partial charge in [0, 0.05) is 30.3 Å². The molecule has 210 valence electrons. The number of methoxy groups -OCH3 is 1. The number of carbonyl (C=O) groups excluding carboxylic acids is 1. The summed E-state index contributed by atoms with van der Waals surface area (Å²) < 4.78 is 50.6. The van der Waals surface area contributed by atoms with Crippen LogP contribution in [0.2, 0.25) is 0 Å². The standard InChI is InChI=1S/C28H32F3N3O5/c1-17-16-32-23-4-3-18(38-2)13-20(23)25(17)24(35)5-6-28(27(36)33-37)7-9-34(10-8-28)11-12-39-19-14-21(29)26(31)22(30)15-19/h3-4,13-16,24,35,37H,5-12H2,1-2H3,(H,33,36). The first kappa shape index (κ1) is 28.6. The minimum atomic E-state index is -1.55. The number of amides is 1. The van der Waals surface area contributed by atoms with Gasteiger partial charge in [0.05, 0.1) is 24.1 Å². The second-order valence-corrected chi connectivity index (χ2v) is 9.90. The van der Waals surface area contributed by atoms with Crippen molar-refractivity contribution in [1.29, 1.82) is 0 Å². The van der Waals surface area contributed by atoms with E-state index in [0.717, 1.165) is 34.2 Å². The number of piperidine rings is 1. The number of aliphatic hydroxyl groups excluding tert-OH is 1. The Bertz CT molecular complexity index is 1310. The molecule has 0 saturated carbocycles. The lowest BCUT2D eigenvalue weighted by molar-refractivity contribution is -0.143. The van der Waals surface area contributed by atoms with Gasteiger partial charge in [-0.3, -0.25) is 19.9 Å². The van der Waals surface area contributed by atoms with Crippen LogP contribution in [0.25, 0.3) is 10.9 Å². The molecule has 0 bridgehead atoms. The van der Waals surface area contributed by atoms with Gasteiger partial charge in [0.1, 0.15) is 18.1 Å². The van der Waals surface area contributed by atoms with Gasteiger partial charge in [0.2, 0.25) is 5.91 Å². The molecule has 1 amide bonds. The van der Waals surface area contributed by atoms with Gasteiger partial charge in [-0.25, -0.2) is 18.7 Å². The summed E-state index contributed by atoms with van der Waals surface area (Å²) in [7, 11) is 1.57. The summed E-state index contributed by atoms with van der Waals surface area (Å²) in [6, 6.07) is 7.05. The van der Waals surface area contributed by atoms with Crippen molar-refractivity contribution < 1.29 is 37.8 Å². The second-order valence-electron chi connectivity index (χ2n) is 9.90. The highest BCUT2D eigenvalue weighted by Crippen LogP contribution is 2.40. The molecule has 0 radical (unpaired) electrons. The van der Waals surface area contributed by atoms with Crippen LogP contribution in [0, 0.1) is 29.8 Å². The molecule has 2 heterocycles. The summed E-state index contributed by atoms with van der Waals surface area (Å²) in [6.45, 7) is 3.42. The largest absolute Gasteiger partial charge is 0.497 e. The smallest absolute Gasteiger partial charge is 0.249 e. The molecule has 3 aromatic rings. The van der Waals surface area contributed by atoms with Crippen molar-refractivity contribution in [2.75, 3.05) is 33.4 Å². The third kappa shape index (κ3) is 6.26. The fourth-order valence-electron chi connectivity index (χ4n) is 5.24. The average molecular weight is 548 g/mol. The minimum Gasteiger partial charge on any atom is -0.497 e. The molecule has 11 heteroatoms. The molecule has 1 fully saturated rings. The minimum absolute atomic E-state index is 0.108. The lowest BCUT2D eigenvalue weighted by Gasteiger charge is -2.40. The van der Waals surface area contributed by atoms with Crippen molar-refractivity contribution in [3.63, 3.8) is 0 Å². The van der Waals surface area contributed by atoms with E-state index in [0.29, 0.717) is 44.6 Å². The van der Waals surface area contributed by atoms with E-state index in [1.165, 1.54) is 0 Å². The molecule has 3 N–H and O–H groups in total. The number of aliphatic hydroxyl groups is 1. The first-order valence-corrected chi connectivity index (χ1v) is 12.7. The summed E-state index contributed by atoms with van der Waals surface area (Å²) in [5, 5.41) is 21.5. The zero-order chi connectivity index (χ0) is 28.2. The second kappa shape index (κ2) is 12.2. The van der Waals surface area contributed by atoms with E-state index < -0.39 is 34.9 Å². The molecule has 39 heavy (non-hydrogen) atoms. The zero-order valence-electron chi connectivity index (χ0n) is 21.8. The van der Waals surface area contributed by atoms with Crippen LogP contribution in [0.15, 0.2) is 36.5 Å². The van der Waals surface area contributed by atoms with Crippen LogP contribution < -0.4 is 15.0 Å². The number of aryl methyl sites for hydroxylation is 1. The average Bonchev–Trinajstić information content (AvgIpc) is 2.94. The number of rotatable bonds is 10. The van der Waals surface area contributed by atoms with E-state index >= 15 is 0 Å². The van der Waals surface area contributed by atoms with Crippen molar-refractivity contribution in [2.45, 2.75) is 38.7 Å². The Labute approximate surface area is 224 Å². The number of carbonyl (C=O) groups is 1. The topological polar surface area (TPSA) is 104 Å². The molecule has 8 nitrogen and oxygen atoms in total. The molecule has 4 rings (SSSR count). The Morgan fingerprint density at radius 1 is 1.15 bits per heavy atom. The molecule has 1 aliphatic rings. The Morgan fingerprint density at radius 3 is 2.49 bits per heavy atom. The van der Waals surface area contributed by atoms with Gasteiger partial charge in [-0.05, 0) is 75.0 Å². The first-order chi connectivity index (χ1) is 18.7. The van der Waals surface area contributed by atoms with Crippen molar-refractivity contribution in [3.05, 3.63) is 65.1 Å². The molecular formula is C28H32F3N3O5. The Balaban J connectivity index is 1.39. The maximum Gasteiger partial charge on any atom is 0.249 e. The lowest BCUT2D eigenvalue weighted by Crippen LogP contribution is -2.49. The molecule has 1 aromatic heterocycles. The van der Waals surface area contributed by atoms with Gasteiger partial charge in [-0.1, -0.05) is 0 Å². The van der Waals surface area contributed by atoms with Crippen molar-refractivity contribution in [2.24, 2.45) is 5.41 Å². The number of halogens is 3. The van der Waals surface area contributed by atoms with Gasteiger partial charge >= 0.3 is 0 Å². The number of hydrogen-bond donors (Lipinski definition) is 3. The van der Waals surface area contributed by atoms with E-state index in [1.54, 1.807) is 24.9 Å². The summed E-state index contributed by atoms with van der Waals surface area (Å²) in [5.74, 6) is -4.15. The van der Waals surface area contributed by atoms with Gasteiger partial charge in [-0.15, -0.1) is 0 Å². The van der Waals surface area contributed by atoms with Crippen LogP contribution in [-0.4, -0.2) is 59.5 Å². The maximum absolute atomic E-state index is 13.4. The van der Waals surface area contributed by atoms with Crippen LogP contribution >= 0.6 is 0 Å². The van der Waals surface area contributed by atoms with Gasteiger partial charge < -0.3 is 14.6 Å². The third-order valence-corrected chi connectivity index (χ3v) is 7.58. The third-order valence-electron chi connectivity index (χ3n) is 7.58. The van der Waals surface area contributed by atoms with Gasteiger partial charge in [-0.2, -0.15) is 0 Å². The predicted molar refractivity (Wildman–Crippen MR) is 137 cm³/mol. The lowest BCUT2D eigenvalue weighted by atomic mass is 9.73. The highest BCUT2D eigenvalue weighted by Gasteiger charge is 2.41. The van der Waals surface area contributed by atoms with E-state index in [-0.39, 0.29) is 18.8 Å². The fraction of sp³-hybridized carbons (Fsp3) is 0.429. The summed E-state index contributed by atoms with van der Waals surface area (Å²) >= 11 is 0. The van der Waals surface area contributed by atoms with E-state index in [4.69, 9.17) is 9.47 Å². The number of aromatic nitrogens is 1. The number of ether oxygens (including phenoxy) is 2. The number of hydrogen-bond acceptors (Lipinski definition) is 7. The highest BCUT2D eigenvalue weighted by atomic mass is 19.2. The summed E-state index contributed by atoms with van der Waals surface area (Å²) in [4.78, 5) is 19.2. The predicted octanol–water partition coefficient (Wildman–Crippen LogP) is 4.45. The Kier molecular flexibility index (Phi) is 8.94. The molecule has 1 atom stereocenters. The molecular weight excluding hydrogens is 515 g/mol. The first-order valence-electron chi connectivity index (χ1n) is 12.7. The van der Waals surface area contributed by atoms with E-state index in [1.807, 2.05) is 24.0 Å². The molecule has 0 spiro atoms. The number of hydroxylamine groups is 1. The molecule has 0 aliphatic carbocycles. The van der Waals surface area contributed by atoms with Crippen LogP contribution in [0.1, 0.15) is 42.9 Å². The number of fused-ring (bicyclic) bond motifs is 1. The zero-order valence-corrected chi connectivity index (χ0v) is 21.8. The monoisotopic (exact) mass is 547 g/mol. The SMILES string of the molecule is COc1ccc2ncc(C)c(C(O)CCC3(C(=O)NO)CCN(CCOc4cc(F)c(F)c(F)c4)CC3)c2c1. The Morgan fingerprint density at radius 2 is 1.85 bits per heavy atom. The molecule has 1 unspecified atom stereocenters. The fourth-order valence-corrected chi connectivity index (χ4v) is 5.24. The van der Waals surface area contributed by atoms with Crippen molar-refractivity contribution in [1.82, 2.24) is 15.4 Å². The summed E-state index contributed by atoms with van der Waals surface area (Å²) in [5.41, 5.74) is 3.18. The van der Waals surface area contributed by atoms with E-state index in [9.17, 15) is 28.3 Å². The molecule has 1 saturated heterocycles. The summed E-state index contributed by atoms with van der Waals surface area (Å²) in [6.07, 6.45) is 2.32. The van der Waals surface area contributed by atoms with E-state index in [2.05, 4.69) is 4.98 Å². The van der Waals surface area contributed by atoms with Crippen molar-refractivity contribution >= 4 is 16.8 Å². The van der Waals surface area contributed by atoms with Crippen LogP contribution in [0.5, 0.6) is 11.5 Å². The van der Waals surface area contributed by atoms with Crippen molar-refractivity contribution in [3.8, 4) is 11.5 Å². The molecule has 2 aromatic carbocycles. The normalized spacial score (nSPS) is 16.2. The van der Waals surface area contributed by atoms with Gasteiger partial charge in [0.15, 0.2) is 17.5 Å². The van der Waals surface area contributed by atoms with Crippen LogP contribution in [-0.2, 0) is 4.79 Å². The number of nitrogens with one attached hydrogen (secondary N) is 1. The number of pyridine rings is 1. The number of benzene rings is 2. The highest BCUT2D eigenvalue weighted by molar-refractivity contribution is 5.85. The Hall–Kier alpha value is -3.41. The number of likely N-dealkylation sites (tertiary alicyclic amines) is 1. The van der Waals surface area contributed by atoms with Crippen LogP contribution in [0.4, 0.5) is 13.2 Å². The van der Waals surface area contributed by atoms with Gasteiger partial charge in [0.25, 0.3) is 0 Å².